The number of hydrogen-bond acceptors (Lipinski definition) is 5. The molecule has 4 N–H and O–H groups in total. The van der Waals surface area contributed by atoms with Gasteiger partial charge in [-0.2, -0.15) is 0 Å². The molecule has 34 heavy (non-hydrogen) atoms. The maximum Gasteiger partial charge on any atom is 0.136 e. The van der Waals surface area contributed by atoms with Crippen LogP contribution in [0.3, 0.4) is 0 Å². The van der Waals surface area contributed by atoms with Crippen molar-refractivity contribution in [2.45, 2.75) is 111 Å². The first kappa shape index (κ1) is 26.3. The van der Waals surface area contributed by atoms with Crippen LogP contribution >= 0.6 is 0 Å². The van der Waals surface area contributed by atoms with E-state index < -0.39 is 24.4 Å². The summed E-state index contributed by atoms with van der Waals surface area (Å²) < 4.78 is 0. The molecule has 0 unspecified atom stereocenters. The maximum atomic E-state index is 13.3. The van der Waals surface area contributed by atoms with Gasteiger partial charge in [-0.25, -0.2) is 0 Å². The Morgan fingerprint density at radius 2 is 1.65 bits per heavy atom. The third-order valence-electron chi connectivity index (χ3n) is 11.4. The van der Waals surface area contributed by atoms with E-state index in [0.717, 1.165) is 25.7 Å². The number of carbonyl (C=O) groups excluding carboxylic acids is 1. The van der Waals surface area contributed by atoms with Crippen LogP contribution in [-0.4, -0.2) is 50.6 Å². The monoisotopic (exact) mass is 476 g/mol. The standard InChI is InChI=1S/C29H48O5/c1-15(25(33)26(34)16(2)27(3,4)5)18-8-9-19-17-12-22(30)21-13-23(31)24(32)14-29(21,7)20(17)10-11-28(18,19)6/h15,17-21,23-26,31-34H,2,8-14H2,1,3-7H3/t15-,17-,18+,19-,20-,21+,23+,24-,25+,26+,28-,29+/m0/s1. The van der Waals surface area contributed by atoms with Gasteiger partial charge in [0.2, 0.25) is 0 Å². The average molecular weight is 477 g/mol. The molecular weight excluding hydrogens is 428 g/mol. The van der Waals surface area contributed by atoms with Crippen LogP contribution in [0.15, 0.2) is 12.2 Å². The molecule has 0 bridgehead atoms. The molecule has 4 aliphatic rings. The fourth-order valence-electron chi connectivity index (χ4n) is 9.15. The molecule has 0 radical (unpaired) electrons. The molecule has 4 fully saturated rings. The summed E-state index contributed by atoms with van der Waals surface area (Å²) in [6, 6.07) is 0. The highest BCUT2D eigenvalue weighted by Crippen LogP contribution is 2.67. The Bertz CT molecular complexity index is 816. The van der Waals surface area contributed by atoms with Crippen molar-refractivity contribution < 1.29 is 25.2 Å². The molecule has 12 atom stereocenters. The fraction of sp³-hybridized carbons (Fsp3) is 0.897. The summed E-state index contributed by atoms with van der Waals surface area (Å²) in [7, 11) is 0. The number of fused-ring (bicyclic) bond motifs is 5. The second kappa shape index (κ2) is 8.68. The summed E-state index contributed by atoms with van der Waals surface area (Å²) in [6.45, 7) is 16.8. The number of hydrogen-bond donors (Lipinski definition) is 4. The lowest BCUT2D eigenvalue weighted by Gasteiger charge is -2.61. The molecule has 4 saturated carbocycles. The highest BCUT2D eigenvalue weighted by molar-refractivity contribution is 5.83. The van der Waals surface area contributed by atoms with Crippen molar-refractivity contribution in [1.82, 2.24) is 0 Å². The summed E-state index contributed by atoms with van der Waals surface area (Å²) in [6.07, 6.45) is 2.28. The number of carbonyl (C=O) groups is 1. The van der Waals surface area contributed by atoms with Crippen molar-refractivity contribution in [2.75, 3.05) is 0 Å². The molecule has 4 rings (SSSR count). The normalized spacial score (nSPS) is 47.2. The molecular formula is C29H48O5. The number of ketones is 1. The van der Waals surface area contributed by atoms with Gasteiger partial charge in [-0.3, -0.25) is 4.79 Å². The van der Waals surface area contributed by atoms with E-state index >= 15 is 0 Å². The first-order valence-corrected chi connectivity index (χ1v) is 13.6. The van der Waals surface area contributed by atoms with E-state index in [1.54, 1.807) is 0 Å². The molecule has 0 aromatic rings. The topological polar surface area (TPSA) is 98.0 Å². The number of aliphatic hydroxyl groups excluding tert-OH is 4. The van der Waals surface area contributed by atoms with Crippen LogP contribution in [0.4, 0.5) is 0 Å². The van der Waals surface area contributed by atoms with Crippen molar-refractivity contribution in [3.05, 3.63) is 12.2 Å². The van der Waals surface area contributed by atoms with Gasteiger partial charge in [0.1, 0.15) is 11.9 Å². The van der Waals surface area contributed by atoms with Crippen molar-refractivity contribution in [3.8, 4) is 0 Å². The van der Waals surface area contributed by atoms with E-state index in [2.05, 4.69) is 27.4 Å². The van der Waals surface area contributed by atoms with Crippen LogP contribution in [-0.2, 0) is 4.79 Å². The molecule has 0 spiro atoms. The zero-order chi connectivity index (χ0) is 25.4. The average Bonchev–Trinajstić information content (AvgIpc) is 3.10. The fourth-order valence-corrected chi connectivity index (χ4v) is 9.15. The van der Waals surface area contributed by atoms with Crippen LogP contribution in [0.2, 0.25) is 0 Å². The Kier molecular flexibility index (Phi) is 6.72. The third-order valence-corrected chi connectivity index (χ3v) is 11.4. The Balaban J connectivity index is 1.56. The van der Waals surface area contributed by atoms with Crippen LogP contribution < -0.4 is 0 Å². The molecule has 0 heterocycles. The predicted molar refractivity (Wildman–Crippen MR) is 133 cm³/mol. The first-order chi connectivity index (χ1) is 15.6. The number of aliphatic hydroxyl groups is 4. The molecule has 194 valence electrons. The van der Waals surface area contributed by atoms with E-state index in [9.17, 15) is 25.2 Å². The first-order valence-electron chi connectivity index (χ1n) is 13.6. The van der Waals surface area contributed by atoms with Gasteiger partial charge in [-0.15, -0.1) is 0 Å². The van der Waals surface area contributed by atoms with E-state index in [1.165, 1.54) is 0 Å². The molecule has 0 aromatic heterocycles. The molecule has 4 aliphatic carbocycles. The Hall–Kier alpha value is -0.750. The van der Waals surface area contributed by atoms with Gasteiger partial charge < -0.3 is 20.4 Å². The third kappa shape index (κ3) is 3.93. The summed E-state index contributed by atoms with van der Waals surface area (Å²) in [4.78, 5) is 13.3. The van der Waals surface area contributed by atoms with Crippen molar-refractivity contribution >= 4 is 5.78 Å². The Morgan fingerprint density at radius 3 is 2.26 bits per heavy atom. The lowest BCUT2D eigenvalue weighted by atomic mass is 9.44. The Morgan fingerprint density at radius 1 is 1.03 bits per heavy atom. The van der Waals surface area contributed by atoms with Crippen molar-refractivity contribution in [3.63, 3.8) is 0 Å². The summed E-state index contributed by atoms with van der Waals surface area (Å²) in [5.41, 5.74) is 0.183. The minimum atomic E-state index is -0.944. The minimum Gasteiger partial charge on any atom is -0.390 e. The largest absolute Gasteiger partial charge is 0.390 e. The lowest BCUT2D eigenvalue weighted by Crippen LogP contribution is -2.59. The van der Waals surface area contributed by atoms with Crippen LogP contribution in [0.5, 0.6) is 0 Å². The lowest BCUT2D eigenvalue weighted by molar-refractivity contribution is -0.174. The van der Waals surface area contributed by atoms with Gasteiger partial charge in [0.15, 0.2) is 0 Å². The van der Waals surface area contributed by atoms with E-state index in [1.807, 2.05) is 20.8 Å². The molecule has 0 amide bonds. The van der Waals surface area contributed by atoms with Gasteiger partial charge in [-0.1, -0.05) is 48.1 Å². The number of Topliss-reactive ketones (excluding diaryl/α,β-unsaturated/α-hetero) is 1. The second-order valence-corrected chi connectivity index (χ2v) is 14.0. The molecule has 5 nitrogen and oxygen atoms in total. The van der Waals surface area contributed by atoms with Crippen LogP contribution in [0.1, 0.15) is 86.5 Å². The van der Waals surface area contributed by atoms with Gasteiger partial charge in [-0.05, 0) is 89.9 Å². The van der Waals surface area contributed by atoms with Gasteiger partial charge in [0, 0.05) is 12.3 Å². The predicted octanol–water partition coefficient (Wildman–Crippen LogP) is 4.12. The summed E-state index contributed by atoms with van der Waals surface area (Å²) >= 11 is 0. The molecule has 0 saturated heterocycles. The molecule has 0 aliphatic heterocycles. The zero-order valence-corrected chi connectivity index (χ0v) is 22.1. The van der Waals surface area contributed by atoms with Crippen molar-refractivity contribution in [1.29, 1.82) is 0 Å². The second-order valence-electron chi connectivity index (χ2n) is 14.0. The van der Waals surface area contributed by atoms with Gasteiger partial charge >= 0.3 is 0 Å². The van der Waals surface area contributed by atoms with E-state index in [4.69, 9.17) is 0 Å². The van der Waals surface area contributed by atoms with Gasteiger partial charge in [0.25, 0.3) is 0 Å². The van der Waals surface area contributed by atoms with E-state index in [0.29, 0.717) is 42.6 Å². The molecule has 0 aromatic carbocycles. The van der Waals surface area contributed by atoms with E-state index in [-0.39, 0.29) is 39.8 Å². The Labute approximate surface area is 206 Å². The highest BCUT2D eigenvalue weighted by atomic mass is 16.3. The van der Waals surface area contributed by atoms with Crippen molar-refractivity contribution in [2.24, 2.45) is 51.8 Å². The SMILES string of the molecule is C=C([C@@H](O)[C@H](O)[C@@H](C)[C@H]1CC[C@H]2[C@@H]3CC(=O)[C@H]4C[C@@H](O)[C@@H](O)C[C@]4(C)[C@H]3CC[C@@]12C)C(C)(C)C. The number of rotatable bonds is 4. The van der Waals surface area contributed by atoms with Crippen LogP contribution in [0.25, 0.3) is 0 Å². The minimum absolute atomic E-state index is 0.0284. The highest BCUT2D eigenvalue weighted by Gasteiger charge is 2.63. The van der Waals surface area contributed by atoms with Gasteiger partial charge in [0.05, 0.1) is 18.3 Å². The zero-order valence-electron chi connectivity index (χ0n) is 22.1. The quantitative estimate of drug-likeness (QED) is 0.458. The smallest absolute Gasteiger partial charge is 0.136 e. The molecule has 5 heteroatoms. The maximum absolute atomic E-state index is 13.3. The summed E-state index contributed by atoms with van der Waals surface area (Å²) in [5, 5.41) is 42.9. The van der Waals surface area contributed by atoms with Crippen LogP contribution in [0, 0.1) is 51.8 Å². The summed E-state index contributed by atoms with van der Waals surface area (Å²) in [5.74, 6) is 1.46.